The van der Waals surface area contributed by atoms with Crippen LogP contribution in [-0.4, -0.2) is 20.4 Å². The van der Waals surface area contributed by atoms with E-state index in [4.69, 9.17) is 4.74 Å². The minimum atomic E-state index is -4.40. The topological polar surface area (TPSA) is 69.0 Å². The van der Waals surface area contributed by atoms with Crippen LogP contribution in [-0.2, 0) is 23.9 Å². The number of nitrogens with zero attached hydrogens (tertiary/aromatic N) is 3. The molecule has 0 aliphatic heterocycles. The molecule has 2 aromatic heterocycles. The minimum Gasteiger partial charge on any atom is -0.438 e. The van der Waals surface area contributed by atoms with E-state index in [1.807, 2.05) is 23.8 Å². The molecule has 0 saturated carbocycles. The highest BCUT2D eigenvalue weighted by atomic mass is 19.4. The molecular weight excluding hydrogens is 421 g/mol. The van der Waals surface area contributed by atoms with Crippen molar-refractivity contribution < 1.29 is 22.7 Å². The van der Waals surface area contributed by atoms with Crippen molar-refractivity contribution in [1.82, 2.24) is 14.5 Å². The van der Waals surface area contributed by atoms with E-state index in [1.165, 1.54) is 18.5 Å². The molecule has 0 atom stereocenters. The van der Waals surface area contributed by atoms with Crippen molar-refractivity contribution >= 4 is 22.6 Å². The lowest BCUT2D eigenvalue weighted by molar-refractivity contribution is -0.137. The summed E-state index contributed by atoms with van der Waals surface area (Å²) in [5, 5.41) is 3.52. The molecule has 0 fully saturated rings. The number of aromatic nitrogens is 3. The predicted molar refractivity (Wildman–Crippen MR) is 113 cm³/mol. The minimum absolute atomic E-state index is 0.0380. The van der Waals surface area contributed by atoms with Gasteiger partial charge in [-0.1, -0.05) is 12.1 Å². The van der Waals surface area contributed by atoms with E-state index in [1.54, 1.807) is 24.3 Å². The summed E-state index contributed by atoms with van der Waals surface area (Å²) < 4.78 is 45.8. The van der Waals surface area contributed by atoms with Gasteiger partial charge in [-0.05, 0) is 55.0 Å². The lowest BCUT2D eigenvalue weighted by Gasteiger charge is -2.09. The third kappa shape index (κ3) is 4.72. The Morgan fingerprint density at radius 1 is 1.03 bits per heavy atom. The van der Waals surface area contributed by atoms with Crippen LogP contribution in [0.3, 0.4) is 0 Å². The van der Waals surface area contributed by atoms with Crippen LogP contribution >= 0.6 is 0 Å². The van der Waals surface area contributed by atoms with Gasteiger partial charge in [-0.2, -0.15) is 13.2 Å². The largest absolute Gasteiger partial charge is 0.438 e. The first-order valence-electron chi connectivity index (χ1n) is 9.87. The normalized spacial score (nSPS) is 11.5. The molecule has 0 aliphatic rings. The fourth-order valence-electron chi connectivity index (χ4n) is 3.24. The number of anilines is 1. The van der Waals surface area contributed by atoms with Crippen LogP contribution in [0.2, 0.25) is 0 Å². The van der Waals surface area contributed by atoms with Crippen LogP contribution in [0.4, 0.5) is 18.9 Å². The Hall–Kier alpha value is -3.88. The average molecular weight is 440 g/mol. The molecule has 32 heavy (non-hydrogen) atoms. The Balaban J connectivity index is 1.39. The number of carbonyl (C=O) groups excluding carboxylic acids is 1. The van der Waals surface area contributed by atoms with E-state index in [-0.39, 0.29) is 12.3 Å². The number of rotatable bonds is 6. The van der Waals surface area contributed by atoms with Gasteiger partial charge >= 0.3 is 6.18 Å². The molecule has 1 amide bonds. The van der Waals surface area contributed by atoms with Crippen molar-refractivity contribution in [3.8, 4) is 11.6 Å². The van der Waals surface area contributed by atoms with Crippen LogP contribution in [0.1, 0.15) is 18.1 Å². The Labute approximate surface area is 181 Å². The number of halogens is 3. The van der Waals surface area contributed by atoms with Crippen molar-refractivity contribution in [3.63, 3.8) is 0 Å². The molecule has 0 radical (unpaired) electrons. The highest BCUT2D eigenvalue weighted by Gasteiger charge is 2.29. The summed E-state index contributed by atoms with van der Waals surface area (Å²) in [5.74, 6) is 0.633. The fourth-order valence-corrected chi connectivity index (χ4v) is 3.24. The quantitative estimate of drug-likeness (QED) is 0.433. The van der Waals surface area contributed by atoms with Crippen LogP contribution in [0.15, 0.2) is 67.1 Å². The van der Waals surface area contributed by atoms with Gasteiger partial charge in [0.1, 0.15) is 17.7 Å². The molecule has 2 heterocycles. The second kappa shape index (κ2) is 8.70. The number of hydrogen-bond acceptors (Lipinski definition) is 4. The summed E-state index contributed by atoms with van der Waals surface area (Å²) in [6.07, 6.45) is -1.08. The number of hydrogen-bond donors (Lipinski definition) is 1. The second-order valence-corrected chi connectivity index (χ2v) is 7.06. The second-order valence-electron chi connectivity index (χ2n) is 7.06. The van der Waals surface area contributed by atoms with Gasteiger partial charge in [-0.15, -0.1) is 0 Å². The standard InChI is InChI=1S/C23H19F3N4O2/c1-2-30-12-11-19-21(30)27-14-28-22(19)32-18-9-7-17(8-10-18)29-20(31)13-15-3-5-16(6-4-15)23(24,25)26/h3-12,14H,2,13H2,1H3,(H,29,31). The van der Waals surface area contributed by atoms with Crippen LogP contribution in [0.5, 0.6) is 11.6 Å². The molecule has 4 aromatic rings. The van der Waals surface area contributed by atoms with Gasteiger partial charge in [-0.3, -0.25) is 4.79 Å². The summed E-state index contributed by atoms with van der Waals surface area (Å²) in [6, 6.07) is 13.2. The van der Waals surface area contributed by atoms with Crippen molar-refractivity contribution in [1.29, 1.82) is 0 Å². The maximum absolute atomic E-state index is 12.6. The third-order valence-electron chi connectivity index (χ3n) is 4.86. The van der Waals surface area contributed by atoms with Gasteiger partial charge < -0.3 is 14.6 Å². The zero-order chi connectivity index (χ0) is 22.7. The van der Waals surface area contributed by atoms with E-state index in [2.05, 4.69) is 15.3 Å². The van der Waals surface area contributed by atoms with E-state index in [0.29, 0.717) is 22.9 Å². The maximum atomic E-state index is 12.6. The first kappa shape index (κ1) is 21.4. The average Bonchev–Trinajstić information content (AvgIpc) is 3.19. The Kier molecular flexibility index (Phi) is 5.81. The van der Waals surface area contributed by atoms with Gasteiger partial charge in [0.25, 0.3) is 0 Å². The molecular formula is C23H19F3N4O2. The molecule has 0 spiro atoms. The molecule has 9 heteroatoms. The van der Waals surface area contributed by atoms with Crippen molar-refractivity contribution in [2.75, 3.05) is 5.32 Å². The summed E-state index contributed by atoms with van der Waals surface area (Å²) in [7, 11) is 0. The molecule has 0 unspecified atom stereocenters. The summed E-state index contributed by atoms with van der Waals surface area (Å²) >= 11 is 0. The predicted octanol–water partition coefficient (Wildman–Crippen LogP) is 5.44. The number of nitrogens with one attached hydrogen (secondary N) is 1. The number of ether oxygens (including phenoxy) is 1. The monoisotopic (exact) mass is 440 g/mol. The summed E-state index contributed by atoms with van der Waals surface area (Å²) in [6.45, 7) is 2.80. The zero-order valence-corrected chi connectivity index (χ0v) is 17.1. The van der Waals surface area contributed by atoms with Crippen molar-refractivity contribution in [2.24, 2.45) is 0 Å². The summed E-state index contributed by atoms with van der Waals surface area (Å²) in [4.78, 5) is 20.7. The lowest BCUT2D eigenvalue weighted by atomic mass is 10.1. The van der Waals surface area contributed by atoms with E-state index >= 15 is 0 Å². The van der Waals surface area contributed by atoms with Crippen molar-refractivity contribution in [2.45, 2.75) is 26.1 Å². The highest BCUT2D eigenvalue weighted by molar-refractivity contribution is 5.92. The fraction of sp³-hybridized carbons (Fsp3) is 0.174. The number of benzene rings is 2. The van der Waals surface area contributed by atoms with Gasteiger partial charge in [0, 0.05) is 18.4 Å². The SMILES string of the molecule is CCn1ccc2c(Oc3ccc(NC(=O)Cc4ccc(C(F)(F)F)cc4)cc3)ncnc21. The van der Waals surface area contributed by atoms with Crippen LogP contribution < -0.4 is 10.1 Å². The molecule has 0 aliphatic carbocycles. The number of aryl methyl sites for hydroxylation is 1. The van der Waals surface area contributed by atoms with E-state index in [0.717, 1.165) is 29.7 Å². The zero-order valence-electron chi connectivity index (χ0n) is 17.1. The highest BCUT2D eigenvalue weighted by Crippen LogP contribution is 2.30. The Morgan fingerprint density at radius 3 is 2.41 bits per heavy atom. The molecule has 0 saturated heterocycles. The molecule has 2 aromatic carbocycles. The van der Waals surface area contributed by atoms with Gasteiger partial charge in [0.15, 0.2) is 0 Å². The van der Waals surface area contributed by atoms with E-state index < -0.39 is 11.7 Å². The Morgan fingerprint density at radius 2 is 1.75 bits per heavy atom. The van der Waals surface area contributed by atoms with Gasteiger partial charge in [0.2, 0.25) is 11.8 Å². The smallest absolute Gasteiger partial charge is 0.416 e. The first-order valence-corrected chi connectivity index (χ1v) is 9.87. The van der Waals surface area contributed by atoms with Gasteiger partial charge in [0.05, 0.1) is 17.4 Å². The number of amides is 1. The number of alkyl halides is 3. The maximum Gasteiger partial charge on any atom is 0.416 e. The number of carbonyl (C=O) groups is 1. The molecule has 6 nitrogen and oxygen atoms in total. The Bertz CT molecular complexity index is 1230. The molecule has 0 bridgehead atoms. The van der Waals surface area contributed by atoms with Crippen LogP contribution in [0.25, 0.3) is 11.0 Å². The van der Waals surface area contributed by atoms with Crippen LogP contribution in [0, 0.1) is 0 Å². The van der Waals surface area contributed by atoms with Gasteiger partial charge in [-0.25, -0.2) is 9.97 Å². The van der Waals surface area contributed by atoms with Crippen molar-refractivity contribution in [3.05, 3.63) is 78.2 Å². The summed E-state index contributed by atoms with van der Waals surface area (Å²) in [5.41, 5.74) is 1.07. The molecule has 1 N–H and O–H groups in total. The van der Waals surface area contributed by atoms with E-state index in [9.17, 15) is 18.0 Å². The molecule has 4 rings (SSSR count). The lowest BCUT2D eigenvalue weighted by Crippen LogP contribution is -2.14. The molecule has 164 valence electrons. The number of fused-ring (bicyclic) bond motifs is 1. The third-order valence-corrected chi connectivity index (χ3v) is 4.86. The first-order chi connectivity index (χ1) is 15.3.